The molecule has 1 amide bonds. The Morgan fingerprint density at radius 3 is 2.71 bits per heavy atom. The van der Waals surface area contributed by atoms with Gasteiger partial charge in [-0.3, -0.25) is 4.79 Å². The van der Waals surface area contributed by atoms with Crippen LogP contribution in [0.4, 0.5) is 0 Å². The molecular formula is C14H20ClNO. The minimum atomic E-state index is 0.0692. The van der Waals surface area contributed by atoms with E-state index in [0.717, 1.165) is 12.8 Å². The molecular weight excluding hydrogens is 234 g/mol. The zero-order chi connectivity index (χ0) is 12.7. The van der Waals surface area contributed by atoms with Gasteiger partial charge in [-0.2, -0.15) is 0 Å². The molecule has 0 aliphatic rings. The van der Waals surface area contributed by atoms with Gasteiger partial charge in [-0.1, -0.05) is 24.3 Å². The number of halogens is 1. The Morgan fingerprint density at radius 1 is 1.35 bits per heavy atom. The molecule has 0 saturated heterocycles. The van der Waals surface area contributed by atoms with Crippen molar-refractivity contribution >= 4 is 17.5 Å². The van der Waals surface area contributed by atoms with Crippen LogP contribution in [0.25, 0.3) is 0 Å². The molecule has 0 aromatic heterocycles. The number of unbranched alkanes of at least 4 members (excludes halogenated alkanes) is 1. The lowest BCUT2D eigenvalue weighted by molar-refractivity contribution is -0.121. The van der Waals surface area contributed by atoms with Crippen LogP contribution in [-0.4, -0.2) is 11.8 Å². The second-order valence-corrected chi connectivity index (χ2v) is 4.67. The average molecular weight is 254 g/mol. The van der Waals surface area contributed by atoms with Crippen LogP contribution in [0.1, 0.15) is 43.4 Å². The summed E-state index contributed by atoms with van der Waals surface area (Å²) in [5.74, 6) is 0.728. The van der Waals surface area contributed by atoms with Crippen LogP contribution in [0.5, 0.6) is 0 Å². The number of carbonyl (C=O) groups excluding carboxylic acids is 1. The fourth-order valence-corrected chi connectivity index (χ4v) is 2.03. The van der Waals surface area contributed by atoms with Gasteiger partial charge in [0.05, 0.1) is 6.04 Å². The van der Waals surface area contributed by atoms with Crippen molar-refractivity contribution in [1.29, 1.82) is 0 Å². The number of amides is 1. The third kappa shape index (κ3) is 4.78. The molecule has 3 heteroatoms. The van der Waals surface area contributed by atoms with Crippen molar-refractivity contribution in [2.45, 2.75) is 39.2 Å². The summed E-state index contributed by atoms with van der Waals surface area (Å²) in [5.41, 5.74) is 2.39. The molecule has 0 heterocycles. The summed E-state index contributed by atoms with van der Waals surface area (Å²) < 4.78 is 0. The summed E-state index contributed by atoms with van der Waals surface area (Å²) in [7, 11) is 0. The number of alkyl halides is 1. The van der Waals surface area contributed by atoms with E-state index in [0.29, 0.717) is 12.3 Å². The van der Waals surface area contributed by atoms with Gasteiger partial charge in [0, 0.05) is 12.3 Å². The maximum absolute atomic E-state index is 11.7. The quantitative estimate of drug-likeness (QED) is 0.609. The Bertz CT molecular complexity index is 365. The van der Waals surface area contributed by atoms with Crippen molar-refractivity contribution in [2.75, 3.05) is 5.88 Å². The summed E-state index contributed by atoms with van der Waals surface area (Å²) >= 11 is 5.58. The maximum atomic E-state index is 11.7. The third-order valence-electron chi connectivity index (χ3n) is 2.82. The Morgan fingerprint density at radius 2 is 2.06 bits per heavy atom. The van der Waals surface area contributed by atoms with Crippen LogP contribution in [0.15, 0.2) is 24.3 Å². The summed E-state index contributed by atoms with van der Waals surface area (Å²) in [5, 5.41) is 3.01. The van der Waals surface area contributed by atoms with E-state index in [4.69, 9.17) is 11.6 Å². The van der Waals surface area contributed by atoms with E-state index in [1.165, 1.54) is 11.1 Å². The van der Waals surface area contributed by atoms with Gasteiger partial charge in [0.1, 0.15) is 0 Å². The monoisotopic (exact) mass is 253 g/mol. The first-order chi connectivity index (χ1) is 8.15. The number of aryl methyl sites for hydroxylation is 1. The topological polar surface area (TPSA) is 29.1 Å². The van der Waals surface area contributed by atoms with Crippen LogP contribution in [0.3, 0.4) is 0 Å². The lowest BCUT2D eigenvalue weighted by Crippen LogP contribution is -2.26. The molecule has 1 aromatic carbocycles. The van der Waals surface area contributed by atoms with Gasteiger partial charge in [-0.25, -0.2) is 0 Å². The molecule has 94 valence electrons. The van der Waals surface area contributed by atoms with E-state index in [1.807, 2.05) is 19.1 Å². The largest absolute Gasteiger partial charge is 0.350 e. The molecule has 2 nitrogen and oxygen atoms in total. The zero-order valence-electron chi connectivity index (χ0n) is 10.5. The van der Waals surface area contributed by atoms with E-state index < -0.39 is 0 Å². The van der Waals surface area contributed by atoms with Crippen molar-refractivity contribution in [1.82, 2.24) is 5.32 Å². The summed E-state index contributed by atoms with van der Waals surface area (Å²) in [6, 6.07) is 8.19. The summed E-state index contributed by atoms with van der Waals surface area (Å²) in [6.45, 7) is 4.08. The Kier molecular flexibility index (Phi) is 6.06. The van der Waals surface area contributed by atoms with Crippen molar-refractivity contribution in [2.24, 2.45) is 0 Å². The fraction of sp³-hybridized carbons (Fsp3) is 0.500. The van der Waals surface area contributed by atoms with E-state index >= 15 is 0 Å². The Hall–Kier alpha value is -1.02. The molecule has 0 aliphatic carbocycles. The average Bonchev–Trinajstić information content (AvgIpc) is 2.29. The first kappa shape index (κ1) is 14.0. The number of hydrogen-bond donors (Lipinski definition) is 1. The molecule has 1 N–H and O–H groups in total. The third-order valence-corrected chi connectivity index (χ3v) is 3.09. The van der Waals surface area contributed by atoms with Gasteiger partial charge in [0.25, 0.3) is 0 Å². The summed E-state index contributed by atoms with van der Waals surface area (Å²) in [4.78, 5) is 11.7. The van der Waals surface area contributed by atoms with E-state index in [9.17, 15) is 4.79 Å². The molecule has 0 unspecified atom stereocenters. The fourth-order valence-electron chi connectivity index (χ4n) is 1.84. The van der Waals surface area contributed by atoms with E-state index in [1.54, 1.807) is 0 Å². The van der Waals surface area contributed by atoms with Gasteiger partial charge in [0.2, 0.25) is 5.91 Å². The molecule has 0 saturated carbocycles. The molecule has 17 heavy (non-hydrogen) atoms. The van der Waals surface area contributed by atoms with Crippen LogP contribution >= 0.6 is 11.6 Å². The molecule has 0 radical (unpaired) electrons. The van der Waals surface area contributed by atoms with Crippen LogP contribution in [0, 0.1) is 6.92 Å². The van der Waals surface area contributed by atoms with Gasteiger partial charge in [0.15, 0.2) is 0 Å². The lowest BCUT2D eigenvalue weighted by atomic mass is 10.0. The highest BCUT2D eigenvalue weighted by Crippen LogP contribution is 2.16. The van der Waals surface area contributed by atoms with Gasteiger partial charge < -0.3 is 5.32 Å². The van der Waals surface area contributed by atoms with E-state index in [2.05, 4.69) is 24.4 Å². The lowest BCUT2D eigenvalue weighted by Gasteiger charge is -2.16. The molecule has 0 aliphatic heterocycles. The van der Waals surface area contributed by atoms with Crippen LogP contribution in [0.2, 0.25) is 0 Å². The van der Waals surface area contributed by atoms with Gasteiger partial charge in [-0.15, -0.1) is 11.6 Å². The molecule has 1 rings (SSSR count). The molecule has 1 aromatic rings. The van der Waals surface area contributed by atoms with Gasteiger partial charge in [-0.05, 0) is 37.8 Å². The number of benzene rings is 1. The standard InChI is InChI=1S/C14H20ClNO/c1-11-7-3-4-8-13(11)12(2)16-14(17)9-5-6-10-15/h3-4,7-8,12H,5-6,9-10H2,1-2H3,(H,16,17)/t12-/m0/s1. The highest BCUT2D eigenvalue weighted by Gasteiger charge is 2.10. The zero-order valence-corrected chi connectivity index (χ0v) is 11.3. The SMILES string of the molecule is Cc1ccccc1[C@H](C)NC(=O)CCCCCl. The molecule has 0 bridgehead atoms. The number of hydrogen-bond acceptors (Lipinski definition) is 1. The van der Waals surface area contributed by atoms with Crippen molar-refractivity contribution < 1.29 is 4.79 Å². The van der Waals surface area contributed by atoms with Gasteiger partial charge >= 0.3 is 0 Å². The number of carbonyl (C=O) groups is 1. The Balaban J connectivity index is 2.46. The number of rotatable bonds is 6. The van der Waals surface area contributed by atoms with Crippen molar-refractivity contribution in [3.05, 3.63) is 35.4 Å². The number of nitrogens with one attached hydrogen (secondary N) is 1. The first-order valence-electron chi connectivity index (χ1n) is 6.06. The van der Waals surface area contributed by atoms with Crippen LogP contribution in [-0.2, 0) is 4.79 Å². The predicted molar refractivity (Wildman–Crippen MR) is 72.3 cm³/mol. The minimum absolute atomic E-state index is 0.0692. The van der Waals surface area contributed by atoms with Crippen molar-refractivity contribution in [3.8, 4) is 0 Å². The van der Waals surface area contributed by atoms with Crippen LogP contribution < -0.4 is 5.32 Å². The highest BCUT2D eigenvalue weighted by atomic mass is 35.5. The molecule has 0 spiro atoms. The normalized spacial score (nSPS) is 12.2. The predicted octanol–water partition coefficient (Wildman–Crippen LogP) is 3.58. The first-order valence-corrected chi connectivity index (χ1v) is 6.59. The van der Waals surface area contributed by atoms with E-state index in [-0.39, 0.29) is 11.9 Å². The second kappa shape index (κ2) is 7.33. The smallest absolute Gasteiger partial charge is 0.220 e. The van der Waals surface area contributed by atoms with Crippen molar-refractivity contribution in [3.63, 3.8) is 0 Å². The highest BCUT2D eigenvalue weighted by molar-refractivity contribution is 6.17. The molecule has 0 fully saturated rings. The minimum Gasteiger partial charge on any atom is -0.350 e. The summed E-state index contributed by atoms with van der Waals surface area (Å²) in [6.07, 6.45) is 2.31. The molecule has 1 atom stereocenters. The second-order valence-electron chi connectivity index (χ2n) is 4.29. The Labute approximate surface area is 108 Å². The maximum Gasteiger partial charge on any atom is 0.220 e.